The van der Waals surface area contributed by atoms with E-state index < -0.39 is 17.9 Å². The second-order valence-corrected chi connectivity index (χ2v) is 15.2. The van der Waals surface area contributed by atoms with Gasteiger partial charge in [-0.25, -0.2) is 19.0 Å². The Morgan fingerprint density at radius 3 is 2.12 bits per heavy atom. The standard InChI is InChI=1S/C46H51N2O8/c1-3-39(49)53-24-6-5-23-52-32-17-18-33(46(51)55-26-8-7-25-54-40(50)4-2)36(29-32)41-37-27-30-13-9-19-47-21-11-15-34(42(30)47)44(37)56-45-35-16-12-22-48-20-10-14-31(43(35)48)28-38(41)45/h3-4,17-18,27-29H,1-2,5-16,19-26H2/q+1. The van der Waals surface area contributed by atoms with Gasteiger partial charge in [-0.1, -0.05) is 13.2 Å². The molecule has 0 unspecified atom stereocenters. The molecule has 3 aromatic carbocycles. The zero-order valence-corrected chi connectivity index (χ0v) is 32.3. The van der Waals surface area contributed by atoms with Crippen LogP contribution in [0.1, 0.15) is 95.1 Å². The average Bonchev–Trinajstić information content (AvgIpc) is 3.22. The highest BCUT2D eigenvalue weighted by Gasteiger charge is 2.36. The summed E-state index contributed by atoms with van der Waals surface area (Å²) < 4.78 is 32.3. The molecule has 8 rings (SSSR count). The maximum Gasteiger partial charge on any atom is 0.338 e. The molecule has 0 aliphatic carbocycles. The van der Waals surface area contributed by atoms with E-state index in [0.717, 1.165) is 123 Å². The second-order valence-electron chi connectivity index (χ2n) is 15.2. The summed E-state index contributed by atoms with van der Waals surface area (Å²) in [6.07, 6.45) is 13.0. The summed E-state index contributed by atoms with van der Waals surface area (Å²) in [5.74, 6) is 1.14. The minimum Gasteiger partial charge on any atom is -0.494 e. The molecule has 10 nitrogen and oxygen atoms in total. The van der Waals surface area contributed by atoms with Gasteiger partial charge in [-0.2, -0.15) is 0 Å². The first-order valence-corrected chi connectivity index (χ1v) is 20.4. The van der Waals surface area contributed by atoms with Gasteiger partial charge in [0.1, 0.15) is 30.3 Å². The van der Waals surface area contributed by atoms with Gasteiger partial charge in [-0.15, -0.1) is 0 Å². The quantitative estimate of drug-likeness (QED) is 0.0499. The van der Waals surface area contributed by atoms with Crippen LogP contribution in [0, 0.1) is 0 Å². The fourth-order valence-electron chi connectivity index (χ4n) is 9.11. The van der Waals surface area contributed by atoms with E-state index in [1.165, 1.54) is 33.3 Å². The molecule has 292 valence electrons. The van der Waals surface area contributed by atoms with Crippen molar-refractivity contribution in [1.82, 2.24) is 4.58 Å². The molecule has 10 heteroatoms. The lowest BCUT2D eigenvalue weighted by Gasteiger charge is -2.39. The number of aryl methyl sites for hydroxylation is 2. The number of carbonyl (C=O) groups is 3. The minimum absolute atomic E-state index is 0.186. The van der Waals surface area contributed by atoms with Gasteiger partial charge in [0, 0.05) is 76.8 Å². The topological polar surface area (TPSA) is 104 Å². The van der Waals surface area contributed by atoms with Gasteiger partial charge in [-0.3, -0.25) is 0 Å². The Labute approximate surface area is 328 Å². The molecule has 3 aromatic rings. The summed E-state index contributed by atoms with van der Waals surface area (Å²) in [7, 11) is 0. The molecule has 0 bridgehead atoms. The third-order valence-electron chi connectivity index (χ3n) is 11.6. The maximum absolute atomic E-state index is 14.2. The number of fused-ring (bicyclic) bond motifs is 4. The molecule has 5 heterocycles. The van der Waals surface area contributed by atoms with Crippen LogP contribution >= 0.6 is 0 Å². The highest BCUT2D eigenvalue weighted by atomic mass is 16.5. The summed E-state index contributed by atoms with van der Waals surface area (Å²) in [5.41, 5.74) is 9.78. The molecule has 0 saturated heterocycles. The monoisotopic (exact) mass is 759 g/mol. The van der Waals surface area contributed by atoms with Crippen molar-refractivity contribution in [2.75, 3.05) is 57.5 Å². The van der Waals surface area contributed by atoms with Crippen molar-refractivity contribution in [3.63, 3.8) is 0 Å². The predicted octanol–water partition coefficient (Wildman–Crippen LogP) is 5.68. The highest BCUT2D eigenvalue weighted by molar-refractivity contribution is 6.00. The number of carbonyl (C=O) groups excluding carboxylic acids is 3. The lowest BCUT2D eigenvalue weighted by atomic mass is 9.81. The van der Waals surface area contributed by atoms with Crippen LogP contribution in [0.25, 0.3) is 5.57 Å². The molecule has 0 radical (unpaired) electrons. The van der Waals surface area contributed by atoms with Crippen LogP contribution in [0.2, 0.25) is 0 Å². The number of rotatable bonds is 15. The van der Waals surface area contributed by atoms with Crippen LogP contribution in [0.4, 0.5) is 5.69 Å². The summed E-state index contributed by atoms with van der Waals surface area (Å²) in [6, 6.07) is 10.3. The first kappa shape index (κ1) is 37.5. The number of unbranched alkanes of at least 4 members (excludes halogenated alkanes) is 2. The third-order valence-corrected chi connectivity index (χ3v) is 11.6. The molecule has 0 amide bonds. The average molecular weight is 760 g/mol. The molecule has 5 aliphatic heterocycles. The Morgan fingerprint density at radius 1 is 0.714 bits per heavy atom. The van der Waals surface area contributed by atoms with Gasteiger partial charge in [0.15, 0.2) is 0 Å². The van der Waals surface area contributed by atoms with Gasteiger partial charge in [0.25, 0.3) is 0 Å². The predicted molar refractivity (Wildman–Crippen MR) is 213 cm³/mol. The van der Waals surface area contributed by atoms with Gasteiger partial charge in [-0.05, 0) is 100 Å². The zero-order chi connectivity index (χ0) is 38.6. The number of anilines is 1. The molecule has 56 heavy (non-hydrogen) atoms. The number of ether oxygens (including phenoxy) is 5. The minimum atomic E-state index is -0.467. The zero-order valence-electron chi connectivity index (χ0n) is 32.3. The summed E-state index contributed by atoms with van der Waals surface area (Å²) in [4.78, 5) is 39.7. The lowest BCUT2D eigenvalue weighted by molar-refractivity contribution is -0.138. The van der Waals surface area contributed by atoms with E-state index in [-0.39, 0.29) is 13.2 Å². The number of hydrogen-bond acceptors (Lipinski definition) is 9. The molecule has 0 spiro atoms. The van der Waals surface area contributed by atoms with Gasteiger partial charge < -0.3 is 28.6 Å². The summed E-state index contributed by atoms with van der Waals surface area (Å²) >= 11 is 0. The molecule has 5 aliphatic rings. The van der Waals surface area contributed by atoms with E-state index in [1.807, 2.05) is 18.2 Å². The molecule has 0 N–H and O–H groups in total. The normalized spacial score (nSPS) is 16.0. The molecule has 0 aromatic heterocycles. The van der Waals surface area contributed by atoms with Crippen LogP contribution in [0.15, 0.2) is 55.6 Å². The maximum atomic E-state index is 14.2. The van der Waals surface area contributed by atoms with Crippen molar-refractivity contribution >= 4 is 29.2 Å². The Hall–Kier alpha value is -5.38. The fourth-order valence-corrected chi connectivity index (χ4v) is 9.11. The van der Waals surface area contributed by atoms with Crippen molar-refractivity contribution < 1.29 is 38.1 Å². The van der Waals surface area contributed by atoms with Crippen LogP contribution < -0.4 is 29.5 Å². The van der Waals surface area contributed by atoms with Crippen molar-refractivity contribution in [1.29, 1.82) is 0 Å². The SMILES string of the molecule is C=CC(=O)OCCCCOC(=O)c1ccc(OCCCCOC(=O)C=C)cc1C1=c2cc3c4c(c2Oc2c1cc1c5c2CCCN5CCC1)CCC[N+]=4CCC3. The smallest absolute Gasteiger partial charge is 0.338 e. The number of esters is 3. The van der Waals surface area contributed by atoms with Crippen molar-refractivity contribution in [3.8, 4) is 17.2 Å². The van der Waals surface area contributed by atoms with Gasteiger partial charge >= 0.3 is 17.9 Å². The first-order valence-electron chi connectivity index (χ1n) is 20.4. The van der Waals surface area contributed by atoms with E-state index >= 15 is 0 Å². The van der Waals surface area contributed by atoms with Crippen LogP contribution in [-0.2, 0) is 49.5 Å². The van der Waals surface area contributed by atoms with E-state index in [0.29, 0.717) is 50.2 Å². The van der Waals surface area contributed by atoms with Crippen molar-refractivity contribution in [2.45, 2.75) is 77.0 Å². The van der Waals surface area contributed by atoms with Gasteiger partial charge in [0.2, 0.25) is 5.36 Å². The fraction of sp³-hybridized carbons (Fsp3) is 0.435. The van der Waals surface area contributed by atoms with Crippen molar-refractivity contribution in [3.05, 3.63) is 105 Å². The lowest BCUT2D eigenvalue weighted by Crippen LogP contribution is -2.45. The van der Waals surface area contributed by atoms with E-state index in [9.17, 15) is 14.4 Å². The Kier molecular flexibility index (Phi) is 11.2. The highest BCUT2D eigenvalue weighted by Crippen LogP contribution is 2.49. The Balaban J connectivity index is 1.24. The summed E-state index contributed by atoms with van der Waals surface area (Å²) in [5, 5.41) is 2.36. The molecular weight excluding hydrogens is 709 g/mol. The molecular formula is C46H51N2O8+. The number of hydrogen-bond donors (Lipinski definition) is 0. The summed E-state index contributed by atoms with van der Waals surface area (Å²) in [6.45, 7) is 12.2. The van der Waals surface area contributed by atoms with E-state index in [4.69, 9.17) is 23.7 Å². The van der Waals surface area contributed by atoms with Crippen LogP contribution in [-0.4, -0.2) is 70.5 Å². The van der Waals surface area contributed by atoms with Crippen molar-refractivity contribution in [2.24, 2.45) is 0 Å². The number of benzene rings is 3. The van der Waals surface area contributed by atoms with Crippen LogP contribution in [0.5, 0.6) is 17.2 Å². The number of nitrogens with zero attached hydrogens (tertiary/aromatic N) is 2. The molecule has 0 atom stereocenters. The molecule has 0 saturated carbocycles. The molecule has 0 fully saturated rings. The van der Waals surface area contributed by atoms with Gasteiger partial charge in [0.05, 0.1) is 37.6 Å². The second kappa shape index (κ2) is 16.8. The third kappa shape index (κ3) is 7.45. The van der Waals surface area contributed by atoms with E-state index in [1.54, 1.807) is 0 Å². The largest absolute Gasteiger partial charge is 0.494 e. The Morgan fingerprint density at radius 2 is 1.38 bits per heavy atom. The van der Waals surface area contributed by atoms with Crippen LogP contribution in [0.3, 0.4) is 0 Å². The van der Waals surface area contributed by atoms with E-state index in [2.05, 4.69) is 34.8 Å². The Bertz CT molecular complexity index is 2220. The first-order chi connectivity index (χ1) is 27.4.